The highest BCUT2D eigenvalue weighted by molar-refractivity contribution is 5.33. The van der Waals surface area contributed by atoms with Crippen LogP contribution in [0, 0.1) is 17.8 Å². The number of benzene rings is 1. The van der Waals surface area contributed by atoms with E-state index in [2.05, 4.69) is 58.5 Å². The van der Waals surface area contributed by atoms with E-state index in [0.29, 0.717) is 6.04 Å². The van der Waals surface area contributed by atoms with Gasteiger partial charge in [-0.3, -0.25) is 0 Å². The van der Waals surface area contributed by atoms with Crippen molar-refractivity contribution in [2.75, 3.05) is 7.05 Å². The topological polar surface area (TPSA) is 29.9 Å². The molecule has 0 amide bonds. The average Bonchev–Trinajstić information content (AvgIpc) is 3.25. The molecule has 4 unspecified atom stereocenters. The third kappa shape index (κ3) is 2.20. The molecular weight excluding hydrogens is 258 g/mol. The first-order chi connectivity index (χ1) is 10.4. The van der Waals surface area contributed by atoms with E-state index < -0.39 is 0 Å². The van der Waals surface area contributed by atoms with E-state index in [4.69, 9.17) is 0 Å². The van der Waals surface area contributed by atoms with Gasteiger partial charge in [-0.1, -0.05) is 24.6 Å². The molecule has 3 nitrogen and oxygen atoms in total. The SMILES string of the molecule is CNC(c1ccnn1-c1ccccc1)C1CC2CCC1C2. The highest BCUT2D eigenvalue weighted by atomic mass is 15.3. The zero-order valence-corrected chi connectivity index (χ0v) is 12.6. The second-order valence-corrected chi connectivity index (χ2v) is 6.61. The molecule has 110 valence electrons. The monoisotopic (exact) mass is 281 g/mol. The standard InChI is InChI=1S/C18H23N3/c1-19-18(16-12-13-7-8-14(16)11-13)17-9-10-20-21(17)15-5-3-2-4-6-15/h2-6,9-10,13-14,16,18-19H,7-8,11-12H2,1H3. The van der Waals surface area contributed by atoms with Crippen molar-refractivity contribution in [3.63, 3.8) is 0 Å². The van der Waals surface area contributed by atoms with Crippen LogP contribution in [-0.4, -0.2) is 16.8 Å². The van der Waals surface area contributed by atoms with Crippen LogP contribution in [0.4, 0.5) is 0 Å². The smallest absolute Gasteiger partial charge is 0.0649 e. The van der Waals surface area contributed by atoms with Gasteiger partial charge in [-0.2, -0.15) is 5.10 Å². The Bertz CT molecular complexity index is 604. The lowest BCUT2D eigenvalue weighted by molar-refractivity contribution is 0.253. The molecule has 2 aromatic rings. The van der Waals surface area contributed by atoms with Crippen molar-refractivity contribution in [2.24, 2.45) is 17.8 Å². The highest BCUT2D eigenvalue weighted by Crippen LogP contribution is 2.52. The van der Waals surface area contributed by atoms with Crippen LogP contribution in [0.15, 0.2) is 42.6 Å². The second-order valence-electron chi connectivity index (χ2n) is 6.61. The number of fused-ring (bicyclic) bond motifs is 2. The third-order valence-corrected chi connectivity index (χ3v) is 5.52. The number of aromatic nitrogens is 2. The first kappa shape index (κ1) is 13.1. The zero-order chi connectivity index (χ0) is 14.2. The molecule has 2 bridgehead atoms. The molecule has 1 N–H and O–H groups in total. The van der Waals surface area contributed by atoms with E-state index in [1.165, 1.54) is 31.4 Å². The summed E-state index contributed by atoms with van der Waals surface area (Å²) in [7, 11) is 2.10. The van der Waals surface area contributed by atoms with Crippen molar-refractivity contribution < 1.29 is 0 Å². The van der Waals surface area contributed by atoms with E-state index in [9.17, 15) is 0 Å². The zero-order valence-electron chi connectivity index (χ0n) is 12.6. The Hall–Kier alpha value is -1.61. The van der Waals surface area contributed by atoms with Crippen LogP contribution in [0.3, 0.4) is 0 Å². The number of rotatable bonds is 4. The predicted molar refractivity (Wildman–Crippen MR) is 84.3 cm³/mol. The summed E-state index contributed by atoms with van der Waals surface area (Å²) in [4.78, 5) is 0. The molecule has 2 saturated carbocycles. The number of hydrogen-bond donors (Lipinski definition) is 1. The minimum Gasteiger partial charge on any atom is -0.311 e. The van der Waals surface area contributed by atoms with Crippen LogP contribution in [0.25, 0.3) is 5.69 Å². The quantitative estimate of drug-likeness (QED) is 0.928. The van der Waals surface area contributed by atoms with E-state index in [-0.39, 0.29) is 0 Å². The molecule has 1 aromatic carbocycles. The fraction of sp³-hybridized carbons (Fsp3) is 0.500. The van der Waals surface area contributed by atoms with E-state index in [1.807, 2.05) is 6.20 Å². The molecule has 21 heavy (non-hydrogen) atoms. The Labute approximate surface area is 126 Å². The summed E-state index contributed by atoms with van der Waals surface area (Å²) in [5, 5.41) is 8.15. The Kier molecular flexibility index (Phi) is 3.30. The maximum atomic E-state index is 4.57. The van der Waals surface area contributed by atoms with Crippen LogP contribution in [0.1, 0.15) is 37.4 Å². The Balaban J connectivity index is 1.68. The van der Waals surface area contributed by atoms with Crippen molar-refractivity contribution in [1.29, 1.82) is 0 Å². The minimum absolute atomic E-state index is 0.419. The maximum Gasteiger partial charge on any atom is 0.0649 e. The van der Waals surface area contributed by atoms with Gasteiger partial charge in [0.1, 0.15) is 0 Å². The summed E-state index contributed by atoms with van der Waals surface area (Å²) in [6.45, 7) is 0. The number of para-hydroxylation sites is 1. The normalized spacial score (nSPS) is 28.9. The Morgan fingerprint density at radius 2 is 2.00 bits per heavy atom. The van der Waals surface area contributed by atoms with E-state index >= 15 is 0 Å². The summed E-state index contributed by atoms with van der Waals surface area (Å²) in [6.07, 6.45) is 7.64. The van der Waals surface area contributed by atoms with Crippen LogP contribution in [-0.2, 0) is 0 Å². The fourth-order valence-corrected chi connectivity index (χ4v) is 4.62. The molecule has 4 atom stereocenters. The van der Waals surface area contributed by atoms with Gasteiger partial charge in [0.05, 0.1) is 17.4 Å². The lowest BCUT2D eigenvalue weighted by Gasteiger charge is -2.30. The van der Waals surface area contributed by atoms with Gasteiger partial charge < -0.3 is 5.32 Å². The Morgan fingerprint density at radius 1 is 1.14 bits per heavy atom. The molecule has 3 heteroatoms. The van der Waals surface area contributed by atoms with Crippen molar-refractivity contribution in [3.05, 3.63) is 48.3 Å². The molecule has 0 radical (unpaired) electrons. The van der Waals surface area contributed by atoms with Gasteiger partial charge in [0.25, 0.3) is 0 Å². The number of hydrogen-bond acceptors (Lipinski definition) is 2. The van der Waals surface area contributed by atoms with Crippen LogP contribution < -0.4 is 5.32 Å². The number of nitrogens with one attached hydrogen (secondary N) is 1. The largest absolute Gasteiger partial charge is 0.311 e. The third-order valence-electron chi connectivity index (χ3n) is 5.52. The molecule has 0 saturated heterocycles. The molecule has 2 aliphatic rings. The first-order valence-corrected chi connectivity index (χ1v) is 8.13. The molecule has 2 aliphatic carbocycles. The highest BCUT2D eigenvalue weighted by Gasteiger charge is 2.43. The van der Waals surface area contributed by atoms with Gasteiger partial charge in [-0.05, 0) is 62.3 Å². The molecule has 4 rings (SSSR count). The fourth-order valence-electron chi connectivity index (χ4n) is 4.62. The van der Waals surface area contributed by atoms with Crippen molar-refractivity contribution in [3.8, 4) is 5.69 Å². The minimum atomic E-state index is 0.419. The van der Waals surface area contributed by atoms with Crippen molar-refractivity contribution in [2.45, 2.75) is 31.7 Å². The van der Waals surface area contributed by atoms with Gasteiger partial charge in [0.2, 0.25) is 0 Å². The summed E-state index contributed by atoms with van der Waals surface area (Å²) in [5.74, 6) is 2.66. The summed E-state index contributed by atoms with van der Waals surface area (Å²) < 4.78 is 2.10. The average molecular weight is 281 g/mol. The summed E-state index contributed by atoms with van der Waals surface area (Å²) in [6, 6.07) is 13.1. The van der Waals surface area contributed by atoms with Crippen LogP contribution in [0.2, 0.25) is 0 Å². The predicted octanol–water partition coefficient (Wildman–Crippen LogP) is 3.57. The molecule has 1 heterocycles. The molecule has 2 fully saturated rings. The summed E-state index contributed by atoms with van der Waals surface area (Å²) >= 11 is 0. The van der Waals surface area contributed by atoms with Gasteiger partial charge >= 0.3 is 0 Å². The molecular formula is C18H23N3. The lowest BCUT2D eigenvalue weighted by atomic mass is 9.82. The van der Waals surface area contributed by atoms with E-state index in [0.717, 1.165) is 23.4 Å². The van der Waals surface area contributed by atoms with Crippen molar-refractivity contribution in [1.82, 2.24) is 15.1 Å². The van der Waals surface area contributed by atoms with Gasteiger partial charge in [-0.15, -0.1) is 0 Å². The molecule has 0 aliphatic heterocycles. The maximum absolute atomic E-state index is 4.57. The van der Waals surface area contributed by atoms with Gasteiger partial charge in [0, 0.05) is 6.20 Å². The molecule has 1 aromatic heterocycles. The molecule has 0 spiro atoms. The van der Waals surface area contributed by atoms with Gasteiger partial charge in [0.15, 0.2) is 0 Å². The van der Waals surface area contributed by atoms with E-state index in [1.54, 1.807) is 0 Å². The van der Waals surface area contributed by atoms with Crippen molar-refractivity contribution >= 4 is 0 Å². The second kappa shape index (κ2) is 5.30. The van der Waals surface area contributed by atoms with Crippen LogP contribution in [0.5, 0.6) is 0 Å². The number of nitrogens with zero attached hydrogens (tertiary/aromatic N) is 2. The lowest BCUT2D eigenvalue weighted by Crippen LogP contribution is -2.30. The Morgan fingerprint density at radius 3 is 2.67 bits per heavy atom. The summed E-state index contributed by atoms with van der Waals surface area (Å²) in [5.41, 5.74) is 2.46. The van der Waals surface area contributed by atoms with Crippen LogP contribution >= 0.6 is 0 Å². The first-order valence-electron chi connectivity index (χ1n) is 8.13. The van der Waals surface area contributed by atoms with Gasteiger partial charge in [-0.25, -0.2) is 4.68 Å².